The van der Waals surface area contributed by atoms with Crippen molar-refractivity contribution in [3.05, 3.63) is 36.4 Å². The van der Waals surface area contributed by atoms with E-state index in [0.717, 1.165) is 11.3 Å². The van der Waals surface area contributed by atoms with E-state index in [1.165, 1.54) is 0 Å². The Morgan fingerprint density at radius 2 is 2.37 bits per heavy atom. The maximum Gasteiger partial charge on any atom is 0.331 e. The van der Waals surface area contributed by atoms with E-state index in [2.05, 4.69) is 11.9 Å². The summed E-state index contributed by atoms with van der Waals surface area (Å²) in [5.41, 5.74) is 1.82. The summed E-state index contributed by atoms with van der Waals surface area (Å²) in [7, 11) is 0. The first kappa shape index (κ1) is 13.1. The maximum atomic E-state index is 11.7. The second-order valence-corrected chi connectivity index (χ2v) is 4.39. The Morgan fingerprint density at radius 3 is 3.11 bits per heavy atom. The van der Waals surface area contributed by atoms with E-state index in [1.807, 2.05) is 19.1 Å². The molecule has 5 heteroatoms. The minimum absolute atomic E-state index is 0.0813. The highest BCUT2D eigenvalue weighted by molar-refractivity contribution is 5.89. The van der Waals surface area contributed by atoms with Gasteiger partial charge in [0.15, 0.2) is 5.75 Å². The molecule has 19 heavy (non-hydrogen) atoms. The molecule has 0 bridgehead atoms. The predicted molar refractivity (Wildman–Crippen MR) is 72.2 cm³/mol. The number of nitrogens with zero attached hydrogens (tertiary/aromatic N) is 1. The lowest BCUT2D eigenvalue weighted by Gasteiger charge is -2.29. The van der Waals surface area contributed by atoms with Gasteiger partial charge in [0.05, 0.1) is 12.2 Å². The van der Waals surface area contributed by atoms with E-state index in [0.29, 0.717) is 12.3 Å². The molecular formula is C14H16N2O3. The highest BCUT2D eigenvalue weighted by Crippen LogP contribution is 2.32. The van der Waals surface area contributed by atoms with Gasteiger partial charge in [-0.3, -0.25) is 4.79 Å². The standard InChI is InChI=1S/C14H16N2O3/c1-3-6-15-13(17)8-16-9-14(18)19-12-5-4-10(2)7-11(12)16/h3-5,7H,1,6,8-9H2,2H3,(H,15,17). The third kappa shape index (κ3) is 3.13. The number of nitrogens with one attached hydrogen (secondary N) is 1. The molecule has 5 nitrogen and oxygen atoms in total. The van der Waals surface area contributed by atoms with E-state index in [4.69, 9.17) is 4.74 Å². The van der Waals surface area contributed by atoms with Crippen molar-refractivity contribution in [3.63, 3.8) is 0 Å². The van der Waals surface area contributed by atoms with Gasteiger partial charge >= 0.3 is 5.97 Å². The van der Waals surface area contributed by atoms with Crippen LogP contribution in [-0.2, 0) is 9.59 Å². The number of benzene rings is 1. The quantitative estimate of drug-likeness (QED) is 0.499. The van der Waals surface area contributed by atoms with Gasteiger partial charge in [0.25, 0.3) is 0 Å². The van der Waals surface area contributed by atoms with E-state index in [9.17, 15) is 9.59 Å². The summed E-state index contributed by atoms with van der Waals surface area (Å²) >= 11 is 0. The molecule has 0 radical (unpaired) electrons. The van der Waals surface area contributed by atoms with Crippen molar-refractivity contribution in [2.75, 3.05) is 24.5 Å². The summed E-state index contributed by atoms with van der Waals surface area (Å²) in [4.78, 5) is 24.9. The Balaban J connectivity index is 2.17. The molecule has 100 valence electrons. The largest absolute Gasteiger partial charge is 0.423 e. The Labute approximate surface area is 111 Å². The molecule has 1 aromatic carbocycles. The van der Waals surface area contributed by atoms with Gasteiger partial charge in [0.2, 0.25) is 5.91 Å². The topological polar surface area (TPSA) is 58.6 Å². The number of anilines is 1. The van der Waals surface area contributed by atoms with Crippen LogP contribution < -0.4 is 15.0 Å². The number of rotatable bonds is 4. The number of esters is 1. The maximum absolute atomic E-state index is 11.7. The first-order valence-electron chi connectivity index (χ1n) is 6.04. The fourth-order valence-corrected chi connectivity index (χ4v) is 1.91. The molecule has 0 fully saturated rings. The smallest absolute Gasteiger partial charge is 0.331 e. The van der Waals surface area contributed by atoms with Crippen LogP contribution in [0.4, 0.5) is 5.69 Å². The van der Waals surface area contributed by atoms with Crippen molar-refractivity contribution in [3.8, 4) is 5.75 Å². The highest BCUT2D eigenvalue weighted by Gasteiger charge is 2.25. The number of carbonyl (C=O) groups excluding carboxylic acids is 2. The number of fused-ring (bicyclic) bond motifs is 1. The first-order chi connectivity index (χ1) is 9.10. The van der Waals surface area contributed by atoms with Crippen LogP contribution in [0.1, 0.15) is 5.56 Å². The van der Waals surface area contributed by atoms with Gasteiger partial charge < -0.3 is 15.0 Å². The van der Waals surface area contributed by atoms with Crippen LogP contribution >= 0.6 is 0 Å². The molecule has 1 aliphatic rings. The van der Waals surface area contributed by atoms with Crippen LogP contribution in [-0.4, -0.2) is 31.5 Å². The van der Waals surface area contributed by atoms with E-state index in [-0.39, 0.29) is 25.0 Å². The predicted octanol–water partition coefficient (Wildman–Crippen LogP) is 1.02. The van der Waals surface area contributed by atoms with Crippen molar-refractivity contribution in [1.29, 1.82) is 0 Å². The van der Waals surface area contributed by atoms with Crippen LogP contribution in [0.2, 0.25) is 0 Å². The lowest BCUT2D eigenvalue weighted by atomic mass is 10.1. The number of aryl methyl sites for hydroxylation is 1. The molecule has 0 aliphatic carbocycles. The van der Waals surface area contributed by atoms with Gasteiger partial charge in [0.1, 0.15) is 6.54 Å². The third-order valence-corrected chi connectivity index (χ3v) is 2.78. The first-order valence-corrected chi connectivity index (χ1v) is 6.04. The average Bonchev–Trinajstić information content (AvgIpc) is 2.37. The number of amides is 1. The second kappa shape index (κ2) is 5.56. The minimum atomic E-state index is -0.354. The monoisotopic (exact) mass is 260 g/mol. The van der Waals surface area contributed by atoms with Gasteiger partial charge in [-0.1, -0.05) is 12.1 Å². The summed E-state index contributed by atoms with van der Waals surface area (Å²) in [5.74, 6) is -0.00620. The zero-order valence-corrected chi connectivity index (χ0v) is 10.8. The second-order valence-electron chi connectivity index (χ2n) is 4.39. The molecule has 1 N–H and O–H groups in total. The summed E-state index contributed by atoms with van der Waals surface area (Å²) in [6, 6.07) is 5.52. The lowest BCUT2D eigenvalue weighted by molar-refractivity contribution is -0.133. The molecule has 0 saturated heterocycles. The Kier molecular flexibility index (Phi) is 3.85. The minimum Gasteiger partial charge on any atom is -0.423 e. The van der Waals surface area contributed by atoms with Crippen molar-refractivity contribution >= 4 is 17.6 Å². The van der Waals surface area contributed by atoms with Crippen LogP contribution in [0.15, 0.2) is 30.9 Å². The van der Waals surface area contributed by atoms with Gasteiger partial charge in [-0.05, 0) is 24.6 Å². The van der Waals surface area contributed by atoms with Crippen molar-refractivity contribution in [1.82, 2.24) is 5.32 Å². The number of hydrogen-bond acceptors (Lipinski definition) is 4. The van der Waals surface area contributed by atoms with Crippen molar-refractivity contribution in [2.24, 2.45) is 0 Å². The molecule has 0 spiro atoms. The molecule has 0 unspecified atom stereocenters. The molecule has 1 heterocycles. The van der Waals surface area contributed by atoms with Crippen LogP contribution in [0.5, 0.6) is 5.75 Å². The molecule has 1 amide bonds. The zero-order chi connectivity index (χ0) is 13.8. The molecule has 1 aliphatic heterocycles. The van der Waals surface area contributed by atoms with Crippen LogP contribution in [0, 0.1) is 6.92 Å². The number of hydrogen-bond donors (Lipinski definition) is 1. The van der Waals surface area contributed by atoms with Gasteiger partial charge in [-0.15, -0.1) is 6.58 Å². The third-order valence-electron chi connectivity index (χ3n) is 2.78. The van der Waals surface area contributed by atoms with Gasteiger partial charge in [-0.2, -0.15) is 0 Å². The Morgan fingerprint density at radius 1 is 1.58 bits per heavy atom. The average molecular weight is 260 g/mol. The van der Waals surface area contributed by atoms with E-state index in [1.54, 1.807) is 17.0 Å². The van der Waals surface area contributed by atoms with Crippen LogP contribution in [0.25, 0.3) is 0 Å². The Bertz CT molecular complexity index is 525. The molecule has 0 aromatic heterocycles. The summed E-state index contributed by atoms with van der Waals surface area (Å²) < 4.78 is 5.15. The number of carbonyl (C=O) groups is 2. The van der Waals surface area contributed by atoms with Crippen molar-refractivity contribution < 1.29 is 14.3 Å². The fraction of sp³-hybridized carbons (Fsp3) is 0.286. The molecule has 0 saturated carbocycles. The zero-order valence-electron chi connectivity index (χ0n) is 10.8. The molecule has 0 atom stereocenters. The molecule has 1 aromatic rings. The molecular weight excluding hydrogens is 244 g/mol. The molecule has 2 rings (SSSR count). The van der Waals surface area contributed by atoms with Crippen LogP contribution in [0.3, 0.4) is 0 Å². The van der Waals surface area contributed by atoms with Gasteiger partial charge in [0, 0.05) is 6.54 Å². The SMILES string of the molecule is C=CCNC(=O)CN1CC(=O)Oc2ccc(C)cc21. The highest BCUT2D eigenvalue weighted by atomic mass is 16.5. The lowest BCUT2D eigenvalue weighted by Crippen LogP contribution is -2.43. The summed E-state index contributed by atoms with van der Waals surface area (Å²) in [6.45, 7) is 6.11. The summed E-state index contributed by atoms with van der Waals surface area (Å²) in [5, 5.41) is 2.69. The Hall–Kier alpha value is -2.30. The van der Waals surface area contributed by atoms with E-state index < -0.39 is 0 Å². The normalized spacial score (nSPS) is 13.5. The van der Waals surface area contributed by atoms with Crippen molar-refractivity contribution in [2.45, 2.75) is 6.92 Å². The fourth-order valence-electron chi connectivity index (χ4n) is 1.91. The summed E-state index contributed by atoms with van der Waals surface area (Å²) in [6.07, 6.45) is 1.61. The van der Waals surface area contributed by atoms with E-state index >= 15 is 0 Å². The van der Waals surface area contributed by atoms with Gasteiger partial charge in [-0.25, -0.2) is 4.79 Å². The number of ether oxygens (including phenoxy) is 1.